The number of benzene rings is 1. The van der Waals surface area contributed by atoms with Gasteiger partial charge in [0.2, 0.25) is 0 Å². The smallest absolute Gasteiger partial charge is 0.138 e. The molecule has 1 saturated heterocycles. The van der Waals surface area contributed by atoms with Gasteiger partial charge in [0.05, 0.1) is 5.02 Å². The van der Waals surface area contributed by atoms with Gasteiger partial charge in [0.15, 0.2) is 0 Å². The molecule has 1 N–H and O–H groups in total. The molecule has 1 aliphatic rings. The summed E-state index contributed by atoms with van der Waals surface area (Å²) in [7, 11) is 2.11. The molecule has 1 fully saturated rings. The second kappa shape index (κ2) is 7.48. The van der Waals surface area contributed by atoms with Crippen LogP contribution in [0.25, 0.3) is 0 Å². The Morgan fingerprint density at radius 1 is 1.25 bits per heavy atom. The molecule has 0 spiro atoms. The molecule has 4 nitrogen and oxygen atoms in total. The quantitative estimate of drug-likeness (QED) is 0.900. The van der Waals surface area contributed by atoms with E-state index in [1.54, 1.807) is 18.2 Å². The molecular formula is C14H20Cl2N2O2. The van der Waals surface area contributed by atoms with Crippen LogP contribution in [-0.4, -0.2) is 67.4 Å². The molecular weight excluding hydrogens is 299 g/mol. The number of likely N-dealkylation sites (N-methyl/N-ethyl adjacent to an activating group) is 1. The number of nitrogens with zero attached hydrogens (tertiary/aromatic N) is 2. The summed E-state index contributed by atoms with van der Waals surface area (Å²) in [4.78, 5) is 4.53. The van der Waals surface area contributed by atoms with Gasteiger partial charge in [-0.2, -0.15) is 0 Å². The Kier molecular flexibility index (Phi) is 5.93. The zero-order valence-corrected chi connectivity index (χ0v) is 13.1. The van der Waals surface area contributed by atoms with Crippen LogP contribution in [0.4, 0.5) is 0 Å². The summed E-state index contributed by atoms with van der Waals surface area (Å²) >= 11 is 11.8. The maximum absolute atomic E-state index is 10.0. The van der Waals surface area contributed by atoms with E-state index in [-0.39, 0.29) is 6.61 Å². The summed E-state index contributed by atoms with van der Waals surface area (Å²) in [5.41, 5.74) is 0. The highest BCUT2D eigenvalue weighted by Crippen LogP contribution is 2.27. The van der Waals surface area contributed by atoms with Gasteiger partial charge in [-0.25, -0.2) is 0 Å². The highest BCUT2D eigenvalue weighted by Gasteiger charge is 2.17. The lowest BCUT2D eigenvalue weighted by Gasteiger charge is -2.33. The lowest BCUT2D eigenvalue weighted by Crippen LogP contribution is -2.47. The van der Waals surface area contributed by atoms with E-state index in [2.05, 4.69) is 16.8 Å². The van der Waals surface area contributed by atoms with E-state index in [1.165, 1.54) is 0 Å². The second-order valence-corrected chi connectivity index (χ2v) is 5.99. The minimum absolute atomic E-state index is 0.230. The van der Waals surface area contributed by atoms with E-state index >= 15 is 0 Å². The third kappa shape index (κ3) is 4.79. The average Bonchev–Trinajstić information content (AvgIpc) is 2.40. The Morgan fingerprint density at radius 2 is 1.95 bits per heavy atom. The minimum Gasteiger partial charge on any atom is -0.489 e. The Morgan fingerprint density at radius 3 is 2.60 bits per heavy atom. The van der Waals surface area contributed by atoms with Crippen molar-refractivity contribution >= 4 is 23.2 Å². The van der Waals surface area contributed by atoms with Crippen LogP contribution in [0.3, 0.4) is 0 Å². The SMILES string of the molecule is CN1CCN(C[C@H](O)COc2ccc(Cl)cc2Cl)CC1. The normalized spacial score (nSPS) is 19.0. The molecule has 1 aromatic carbocycles. The van der Waals surface area contributed by atoms with E-state index in [0.717, 1.165) is 26.2 Å². The summed E-state index contributed by atoms with van der Waals surface area (Å²) < 4.78 is 5.54. The van der Waals surface area contributed by atoms with Gasteiger partial charge >= 0.3 is 0 Å². The number of aliphatic hydroxyl groups excluding tert-OH is 1. The van der Waals surface area contributed by atoms with Crippen LogP contribution in [0.5, 0.6) is 5.75 Å². The number of piperazine rings is 1. The molecule has 0 unspecified atom stereocenters. The van der Waals surface area contributed by atoms with Crippen molar-refractivity contribution in [3.63, 3.8) is 0 Å². The molecule has 1 heterocycles. The number of hydrogen-bond acceptors (Lipinski definition) is 4. The molecule has 1 aromatic rings. The molecule has 0 saturated carbocycles. The molecule has 1 atom stereocenters. The van der Waals surface area contributed by atoms with E-state index in [4.69, 9.17) is 27.9 Å². The first kappa shape index (κ1) is 15.9. The summed E-state index contributed by atoms with van der Waals surface area (Å²) in [5.74, 6) is 0.550. The van der Waals surface area contributed by atoms with Crippen LogP contribution in [0.1, 0.15) is 0 Å². The van der Waals surface area contributed by atoms with Gasteiger partial charge in [-0.1, -0.05) is 23.2 Å². The van der Waals surface area contributed by atoms with Crippen LogP contribution in [0.15, 0.2) is 18.2 Å². The zero-order chi connectivity index (χ0) is 14.5. The standard InChI is InChI=1S/C14H20Cl2N2O2/c1-17-4-6-18(7-5-17)9-12(19)10-20-14-3-2-11(15)8-13(14)16/h2-3,8,12,19H,4-7,9-10H2,1H3/t12-/m0/s1. The third-order valence-corrected chi connectivity index (χ3v) is 3.92. The molecule has 0 bridgehead atoms. The van der Waals surface area contributed by atoms with Crippen molar-refractivity contribution in [3.05, 3.63) is 28.2 Å². The van der Waals surface area contributed by atoms with Crippen LogP contribution in [-0.2, 0) is 0 Å². The second-order valence-electron chi connectivity index (χ2n) is 5.14. The van der Waals surface area contributed by atoms with Gasteiger partial charge < -0.3 is 14.7 Å². The number of β-amino-alcohol motifs (C(OH)–C–C–N with tert-alkyl or cyclic N) is 1. The Labute approximate surface area is 129 Å². The lowest BCUT2D eigenvalue weighted by molar-refractivity contribution is 0.0505. The van der Waals surface area contributed by atoms with E-state index in [9.17, 15) is 5.11 Å². The monoisotopic (exact) mass is 318 g/mol. The third-order valence-electron chi connectivity index (χ3n) is 3.39. The van der Waals surface area contributed by atoms with E-state index < -0.39 is 6.10 Å². The zero-order valence-electron chi connectivity index (χ0n) is 11.6. The first-order valence-corrected chi connectivity index (χ1v) is 7.47. The van der Waals surface area contributed by atoms with Gasteiger partial charge in [0, 0.05) is 37.7 Å². The van der Waals surface area contributed by atoms with Gasteiger partial charge in [0.1, 0.15) is 18.5 Å². The van der Waals surface area contributed by atoms with Crippen molar-refractivity contribution in [2.75, 3.05) is 46.4 Å². The van der Waals surface area contributed by atoms with Gasteiger partial charge in [-0.15, -0.1) is 0 Å². The molecule has 2 rings (SSSR count). The van der Waals surface area contributed by atoms with Crippen LogP contribution >= 0.6 is 23.2 Å². The highest BCUT2D eigenvalue weighted by atomic mass is 35.5. The van der Waals surface area contributed by atoms with Crippen LogP contribution in [0, 0.1) is 0 Å². The van der Waals surface area contributed by atoms with Crippen molar-refractivity contribution in [1.29, 1.82) is 0 Å². The van der Waals surface area contributed by atoms with E-state index in [1.807, 2.05) is 0 Å². The van der Waals surface area contributed by atoms with Gasteiger partial charge in [0.25, 0.3) is 0 Å². The van der Waals surface area contributed by atoms with Crippen LogP contribution < -0.4 is 4.74 Å². The maximum Gasteiger partial charge on any atom is 0.138 e. The minimum atomic E-state index is -0.523. The largest absolute Gasteiger partial charge is 0.489 e. The maximum atomic E-state index is 10.0. The lowest BCUT2D eigenvalue weighted by atomic mass is 10.3. The Balaban J connectivity index is 1.76. The van der Waals surface area contributed by atoms with Crippen molar-refractivity contribution in [2.24, 2.45) is 0 Å². The summed E-state index contributed by atoms with van der Waals surface area (Å²) in [6.07, 6.45) is -0.523. The van der Waals surface area contributed by atoms with Crippen molar-refractivity contribution < 1.29 is 9.84 Å². The van der Waals surface area contributed by atoms with Crippen molar-refractivity contribution in [1.82, 2.24) is 9.80 Å². The fourth-order valence-electron chi connectivity index (χ4n) is 2.16. The molecule has 1 aliphatic heterocycles. The average molecular weight is 319 g/mol. The molecule has 6 heteroatoms. The number of hydrogen-bond donors (Lipinski definition) is 1. The molecule has 112 valence electrons. The molecule has 0 aromatic heterocycles. The molecule has 20 heavy (non-hydrogen) atoms. The van der Waals surface area contributed by atoms with E-state index in [0.29, 0.717) is 22.3 Å². The molecule has 0 amide bonds. The summed E-state index contributed by atoms with van der Waals surface area (Å²) in [6, 6.07) is 5.06. The Bertz CT molecular complexity index is 437. The predicted molar refractivity (Wildman–Crippen MR) is 81.9 cm³/mol. The Hall–Kier alpha value is -0.520. The van der Waals surface area contributed by atoms with Gasteiger partial charge in [-0.3, -0.25) is 4.90 Å². The number of ether oxygens (including phenoxy) is 1. The molecule has 0 aliphatic carbocycles. The first-order chi connectivity index (χ1) is 9.54. The topological polar surface area (TPSA) is 35.9 Å². The van der Waals surface area contributed by atoms with Crippen molar-refractivity contribution in [2.45, 2.75) is 6.10 Å². The molecule has 0 radical (unpaired) electrons. The van der Waals surface area contributed by atoms with Gasteiger partial charge in [-0.05, 0) is 25.2 Å². The first-order valence-electron chi connectivity index (χ1n) is 6.71. The fourth-order valence-corrected chi connectivity index (χ4v) is 2.62. The van der Waals surface area contributed by atoms with Crippen LogP contribution in [0.2, 0.25) is 10.0 Å². The number of aliphatic hydroxyl groups is 1. The highest BCUT2D eigenvalue weighted by molar-refractivity contribution is 6.35. The fraction of sp³-hybridized carbons (Fsp3) is 0.571. The predicted octanol–water partition coefficient (Wildman–Crippen LogP) is 1.98. The summed E-state index contributed by atoms with van der Waals surface area (Å²) in [6.45, 7) is 4.89. The van der Waals surface area contributed by atoms with Crippen molar-refractivity contribution in [3.8, 4) is 5.75 Å². The number of halogens is 2. The summed E-state index contributed by atoms with van der Waals surface area (Å²) in [5, 5.41) is 11.1. The number of rotatable bonds is 5.